The van der Waals surface area contributed by atoms with Gasteiger partial charge in [-0.2, -0.15) is 0 Å². The van der Waals surface area contributed by atoms with Crippen molar-refractivity contribution in [1.29, 1.82) is 0 Å². The van der Waals surface area contributed by atoms with E-state index in [2.05, 4.69) is 5.32 Å². The third-order valence-corrected chi connectivity index (χ3v) is 1.50. The summed E-state index contributed by atoms with van der Waals surface area (Å²) in [5, 5.41) is 2.66. The van der Waals surface area contributed by atoms with Gasteiger partial charge in [0, 0.05) is 11.7 Å². The molecule has 72 valence electrons. The minimum Gasteiger partial charge on any atom is -0.399 e. The highest BCUT2D eigenvalue weighted by atomic mass is 19.1. The van der Waals surface area contributed by atoms with Crippen molar-refractivity contribution in [3.8, 4) is 0 Å². The van der Waals surface area contributed by atoms with E-state index in [4.69, 9.17) is 5.73 Å². The van der Waals surface area contributed by atoms with Crippen molar-refractivity contribution in [2.75, 3.05) is 11.1 Å². The van der Waals surface area contributed by atoms with Gasteiger partial charge in [0.1, 0.15) is 5.69 Å². The lowest BCUT2D eigenvalue weighted by atomic mass is 10.2. The van der Waals surface area contributed by atoms with Crippen LogP contribution in [0.2, 0.25) is 0 Å². The molecule has 1 aromatic rings. The maximum absolute atomic E-state index is 13.1. The number of benzene rings is 1. The summed E-state index contributed by atoms with van der Waals surface area (Å²) in [4.78, 5) is 0. The summed E-state index contributed by atoms with van der Waals surface area (Å²) >= 11 is 0. The lowest BCUT2D eigenvalue weighted by molar-refractivity contribution is 0.586. The topological polar surface area (TPSA) is 38.0 Å². The van der Waals surface area contributed by atoms with E-state index in [1.807, 2.05) is 0 Å². The molecule has 0 aromatic heterocycles. The molecule has 1 aromatic carbocycles. The molecular formula is C9H12F2N2. The fraction of sp³-hybridized carbons (Fsp3) is 0.333. The highest BCUT2D eigenvalue weighted by molar-refractivity contribution is 5.54. The van der Waals surface area contributed by atoms with Gasteiger partial charge in [-0.3, -0.25) is 0 Å². The summed E-state index contributed by atoms with van der Waals surface area (Å²) in [7, 11) is 0. The van der Waals surface area contributed by atoms with Gasteiger partial charge >= 0.3 is 0 Å². The molecule has 0 aliphatic rings. The zero-order valence-corrected chi connectivity index (χ0v) is 7.57. The van der Waals surface area contributed by atoms with Gasteiger partial charge in [0.25, 0.3) is 0 Å². The molecule has 0 aliphatic carbocycles. The Morgan fingerprint density at radius 1 is 1.23 bits per heavy atom. The van der Waals surface area contributed by atoms with E-state index in [1.54, 1.807) is 13.8 Å². The summed E-state index contributed by atoms with van der Waals surface area (Å²) in [5.74, 6) is -1.32. The Balaban J connectivity index is 3.06. The van der Waals surface area contributed by atoms with Gasteiger partial charge in [-0.25, -0.2) is 8.78 Å². The molecule has 0 fully saturated rings. The second-order valence-electron chi connectivity index (χ2n) is 3.16. The van der Waals surface area contributed by atoms with Gasteiger partial charge in [0.2, 0.25) is 0 Å². The van der Waals surface area contributed by atoms with Crippen LogP contribution in [0.5, 0.6) is 0 Å². The van der Waals surface area contributed by atoms with Crippen molar-refractivity contribution in [1.82, 2.24) is 0 Å². The number of nitrogens with two attached hydrogens (primary N) is 1. The second-order valence-corrected chi connectivity index (χ2v) is 3.16. The highest BCUT2D eigenvalue weighted by Crippen LogP contribution is 2.22. The first kappa shape index (κ1) is 9.77. The van der Waals surface area contributed by atoms with Gasteiger partial charge in [0.15, 0.2) is 11.6 Å². The van der Waals surface area contributed by atoms with Crippen molar-refractivity contribution < 1.29 is 8.78 Å². The standard InChI is InChI=1S/C9H12F2N2/c1-5(2)13-9-7(10)3-6(12)4-8(9)11/h3-5,13H,12H2,1-2H3. The Bertz CT molecular complexity index is 287. The quantitative estimate of drug-likeness (QED) is 0.696. The number of anilines is 2. The van der Waals surface area contributed by atoms with Crippen LogP contribution in [0.25, 0.3) is 0 Å². The normalized spacial score (nSPS) is 10.5. The van der Waals surface area contributed by atoms with Crippen molar-refractivity contribution in [3.05, 3.63) is 23.8 Å². The first-order valence-electron chi connectivity index (χ1n) is 4.01. The third-order valence-electron chi connectivity index (χ3n) is 1.50. The van der Waals surface area contributed by atoms with Crippen LogP contribution in [-0.2, 0) is 0 Å². The summed E-state index contributed by atoms with van der Waals surface area (Å²) in [6.45, 7) is 3.60. The van der Waals surface area contributed by atoms with E-state index >= 15 is 0 Å². The van der Waals surface area contributed by atoms with Crippen LogP contribution < -0.4 is 11.1 Å². The zero-order valence-electron chi connectivity index (χ0n) is 7.57. The Labute approximate surface area is 75.7 Å². The van der Waals surface area contributed by atoms with Crippen LogP contribution in [0.3, 0.4) is 0 Å². The van der Waals surface area contributed by atoms with E-state index in [0.717, 1.165) is 12.1 Å². The van der Waals surface area contributed by atoms with Gasteiger partial charge in [-0.1, -0.05) is 0 Å². The van der Waals surface area contributed by atoms with E-state index < -0.39 is 11.6 Å². The van der Waals surface area contributed by atoms with Crippen LogP contribution in [0, 0.1) is 11.6 Å². The molecule has 3 N–H and O–H groups in total. The maximum Gasteiger partial charge on any atom is 0.151 e. The van der Waals surface area contributed by atoms with Gasteiger partial charge in [-0.15, -0.1) is 0 Å². The summed E-state index contributed by atoms with van der Waals surface area (Å²) in [6, 6.07) is 2.16. The predicted octanol–water partition coefficient (Wildman–Crippen LogP) is 2.37. The minimum absolute atomic E-state index is 0.0207. The Hall–Kier alpha value is -1.32. The van der Waals surface area contributed by atoms with Gasteiger partial charge in [0.05, 0.1) is 0 Å². The van der Waals surface area contributed by atoms with E-state index in [0.29, 0.717) is 0 Å². The molecule has 13 heavy (non-hydrogen) atoms. The Kier molecular flexibility index (Phi) is 2.70. The number of nitrogens with one attached hydrogen (secondary N) is 1. The van der Waals surface area contributed by atoms with Crippen LogP contribution in [0.15, 0.2) is 12.1 Å². The predicted molar refractivity (Wildman–Crippen MR) is 49.5 cm³/mol. The van der Waals surface area contributed by atoms with E-state index in [1.165, 1.54) is 0 Å². The number of hydrogen-bond acceptors (Lipinski definition) is 2. The summed E-state index contributed by atoms with van der Waals surface area (Å²) in [5.41, 5.74) is 5.22. The number of halogens is 2. The molecule has 0 bridgehead atoms. The molecule has 0 heterocycles. The van der Waals surface area contributed by atoms with Crippen LogP contribution in [-0.4, -0.2) is 6.04 Å². The summed E-state index contributed by atoms with van der Waals surface area (Å²) < 4.78 is 26.2. The van der Waals surface area contributed by atoms with E-state index in [-0.39, 0.29) is 17.4 Å². The molecule has 0 atom stereocenters. The lowest BCUT2D eigenvalue weighted by Gasteiger charge is -2.12. The Morgan fingerprint density at radius 2 is 1.69 bits per heavy atom. The average Bonchev–Trinajstić information content (AvgIpc) is 1.96. The van der Waals surface area contributed by atoms with Crippen LogP contribution >= 0.6 is 0 Å². The molecule has 2 nitrogen and oxygen atoms in total. The van der Waals surface area contributed by atoms with Crippen molar-refractivity contribution >= 4 is 11.4 Å². The highest BCUT2D eigenvalue weighted by Gasteiger charge is 2.10. The van der Waals surface area contributed by atoms with E-state index in [9.17, 15) is 8.78 Å². The first-order chi connectivity index (χ1) is 6.00. The zero-order chi connectivity index (χ0) is 10.0. The van der Waals surface area contributed by atoms with Gasteiger partial charge < -0.3 is 11.1 Å². The second kappa shape index (κ2) is 3.60. The van der Waals surface area contributed by atoms with Crippen LogP contribution in [0.1, 0.15) is 13.8 Å². The van der Waals surface area contributed by atoms with Crippen molar-refractivity contribution in [2.24, 2.45) is 0 Å². The smallest absolute Gasteiger partial charge is 0.151 e. The molecule has 0 unspecified atom stereocenters. The summed E-state index contributed by atoms with van der Waals surface area (Å²) in [6.07, 6.45) is 0. The molecular weight excluding hydrogens is 174 g/mol. The van der Waals surface area contributed by atoms with Crippen LogP contribution in [0.4, 0.5) is 20.2 Å². The Morgan fingerprint density at radius 3 is 2.08 bits per heavy atom. The number of nitrogen functional groups attached to an aromatic ring is 1. The largest absolute Gasteiger partial charge is 0.399 e. The minimum atomic E-state index is -0.661. The fourth-order valence-corrected chi connectivity index (χ4v) is 1.02. The molecule has 0 radical (unpaired) electrons. The molecule has 4 heteroatoms. The molecule has 0 saturated carbocycles. The lowest BCUT2D eigenvalue weighted by Crippen LogP contribution is -2.12. The molecule has 0 amide bonds. The first-order valence-corrected chi connectivity index (χ1v) is 4.01. The molecule has 0 spiro atoms. The monoisotopic (exact) mass is 186 g/mol. The van der Waals surface area contributed by atoms with Crippen molar-refractivity contribution in [2.45, 2.75) is 19.9 Å². The SMILES string of the molecule is CC(C)Nc1c(F)cc(N)cc1F. The molecule has 0 saturated heterocycles. The number of rotatable bonds is 2. The maximum atomic E-state index is 13.1. The average molecular weight is 186 g/mol. The molecule has 0 aliphatic heterocycles. The number of hydrogen-bond donors (Lipinski definition) is 2. The molecule has 1 rings (SSSR count). The van der Waals surface area contributed by atoms with Crippen molar-refractivity contribution in [3.63, 3.8) is 0 Å². The van der Waals surface area contributed by atoms with Gasteiger partial charge in [-0.05, 0) is 26.0 Å². The fourth-order valence-electron chi connectivity index (χ4n) is 1.02. The third kappa shape index (κ3) is 2.31.